The molecule has 2 aliphatic rings. The van der Waals surface area contributed by atoms with Crippen molar-refractivity contribution in [1.82, 2.24) is 4.90 Å². The monoisotopic (exact) mass is 274 g/mol. The van der Waals surface area contributed by atoms with Crippen LogP contribution in [-0.4, -0.2) is 42.5 Å². The van der Waals surface area contributed by atoms with Gasteiger partial charge >= 0.3 is 0 Å². The molecule has 1 aromatic rings. The molecule has 2 unspecified atom stereocenters. The SMILES string of the molecule is CC1OCN(CCc2ccc3c(c2)CC(=O)N3)C1C=O. The Morgan fingerprint density at radius 3 is 3.15 bits per heavy atom. The van der Waals surface area contributed by atoms with Crippen molar-refractivity contribution in [2.24, 2.45) is 0 Å². The van der Waals surface area contributed by atoms with Crippen molar-refractivity contribution in [3.05, 3.63) is 29.3 Å². The van der Waals surface area contributed by atoms with Crippen LogP contribution in [0, 0.1) is 0 Å². The largest absolute Gasteiger partial charge is 0.361 e. The highest BCUT2D eigenvalue weighted by Crippen LogP contribution is 2.24. The zero-order valence-electron chi connectivity index (χ0n) is 11.5. The third-order valence-electron chi connectivity index (χ3n) is 4.03. The average Bonchev–Trinajstić information content (AvgIpc) is 2.97. The molecule has 0 aromatic heterocycles. The zero-order chi connectivity index (χ0) is 14.1. The molecule has 0 saturated carbocycles. The smallest absolute Gasteiger partial charge is 0.228 e. The van der Waals surface area contributed by atoms with Gasteiger partial charge in [-0.2, -0.15) is 0 Å². The van der Waals surface area contributed by atoms with E-state index in [0.29, 0.717) is 13.2 Å². The third-order valence-corrected chi connectivity index (χ3v) is 4.03. The number of nitrogens with one attached hydrogen (secondary N) is 1. The summed E-state index contributed by atoms with van der Waals surface area (Å²) in [5, 5.41) is 2.83. The first kappa shape index (κ1) is 13.3. The summed E-state index contributed by atoms with van der Waals surface area (Å²) < 4.78 is 5.49. The van der Waals surface area contributed by atoms with E-state index in [-0.39, 0.29) is 18.1 Å². The van der Waals surface area contributed by atoms with E-state index in [9.17, 15) is 9.59 Å². The van der Waals surface area contributed by atoms with Crippen molar-refractivity contribution in [3.8, 4) is 0 Å². The molecule has 1 saturated heterocycles. The predicted molar refractivity (Wildman–Crippen MR) is 74.5 cm³/mol. The molecule has 1 amide bonds. The second-order valence-electron chi connectivity index (χ2n) is 5.41. The number of amides is 1. The number of benzene rings is 1. The topological polar surface area (TPSA) is 58.6 Å². The Kier molecular flexibility index (Phi) is 3.54. The Balaban J connectivity index is 1.63. The minimum atomic E-state index is -0.146. The maximum atomic E-state index is 11.3. The van der Waals surface area contributed by atoms with Crippen molar-refractivity contribution in [2.75, 3.05) is 18.6 Å². The first-order valence-electron chi connectivity index (χ1n) is 6.90. The molecule has 0 radical (unpaired) electrons. The van der Waals surface area contributed by atoms with Gasteiger partial charge < -0.3 is 14.8 Å². The summed E-state index contributed by atoms with van der Waals surface area (Å²) in [5.74, 6) is 0.0555. The van der Waals surface area contributed by atoms with Gasteiger partial charge in [0.25, 0.3) is 0 Å². The van der Waals surface area contributed by atoms with E-state index in [2.05, 4.69) is 11.4 Å². The Morgan fingerprint density at radius 2 is 2.35 bits per heavy atom. The van der Waals surface area contributed by atoms with Gasteiger partial charge in [0.15, 0.2) is 0 Å². The van der Waals surface area contributed by atoms with E-state index < -0.39 is 0 Å². The van der Waals surface area contributed by atoms with E-state index in [0.717, 1.165) is 30.5 Å². The van der Waals surface area contributed by atoms with Crippen LogP contribution in [0.25, 0.3) is 0 Å². The predicted octanol–water partition coefficient (Wildman–Crippen LogP) is 0.969. The molecule has 20 heavy (non-hydrogen) atoms. The van der Waals surface area contributed by atoms with E-state index in [4.69, 9.17) is 4.74 Å². The highest BCUT2D eigenvalue weighted by atomic mass is 16.5. The zero-order valence-corrected chi connectivity index (χ0v) is 11.5. The Labute approximate surface area is 117 Å². The Morgan fingerprint density at radius 1 is 1.50 bits per heavy atom. The highest BCUT2D eigenvalue weighted by molar-refractivity contribution is 5.99. The average molecular weight is 274 g/mol. The number of anilines is 1. The van der Waals surface area contributed by atoms with Crippen LogP contribution in [0.2, 0.25) is 0 Å². The van der Waals surface area contributed by atoms with Gasteiger partial charge in [-0.05, 0) is 30.5 Å². The van der Waals surface area contributed by atoms with Crippen LogP contribution in [0.1, 0.15) is 18.1 Å². The summed E-state index contributed by atoms with van der Waals surface area (Å²) in [6, 6.07) is 5.91. The molecule has 0 aliphatic carbocycles. The molecular formula is C15H18N2O3. The van der Waals surface area contributed by atoms with Crippen molar-refractivity contribution in [2.45, 2.75) is 31.9 Å². The lowest BCUT2D eigenvalue weighted by Gasteiger charge is -2.19. The van der Waals surface area contributed by atoms with Gasteiger partial charge in [-0.3, -0.25) is 9.69 Å². The van der Waals surface area contributed by atoms with Crippen LogP contribution in [0.4, 0.5) is 5.69 Å². The van der Waals surface area contributed by atoms with Gasteiger partial charge in [-0.15, -0.1) is 0 Å². The number of hydrogen-bond acceptors (Lipinski definition) is 4. The Bertz CT molecular complexity index is 544. The molecule has 5 heteroatoms. The van der Waals surface area contributed by atoms with Crippen LogP contribution in [0.5, 0.6) is 0 Å². The van der Waals surface area contributed by atoms with Crippen molar-refractivity contribution >= 4 is 17.9 Å². The molecule has 1 fully saturated rings. The van der Waals surface area contributed by atoms with Crippen LogP contribution in [0.15, 0.2) is 18.2 Å². The lowest BCUT2D eigenvalue weighted by atomic mass is 10.1. The minimum absolute atomic E-state index is 0.0330. The molecule has 2 aliphatic heterocycles. The molecule has 2 atom stereocenters. The maximum Gasteiger partial charge on any atom is 0.228 e. The van der Waals surface area contributed by atoms with E-state index in [1.165, 1.54) is 5.56 Å². The van der Waals surface area contributed by atoms with Gasteiger partial charge in [-0.1, -0.05) is 12.1 Å². The normalized spacial score (nSPS) is 25.6. The third kappa shape index (κ3) is 2.46. The number of nitrogens with zero attached hydrogens (tertiary/aromatic N) is 1. The second kappa shape index (κ2) is 5.34. The molecule has 106 valence electrons. The fourth-order valence-electron chi connectivity index (χ4n) is 2.82. The standard InChI is InChI=1S/C15H18N2O3/c1-10-14(8-18)17(9-20-10)5-4-11-2-3-13-12(6-11)7-15(19)16-13/h2-3,6,8,10,14H,4-5,7,9H2,1H3,(H,16,19). The van der Waals surface area contributed by atoms with E-state index in [1.54, 1.807) is 0 Å². The van der Waals surface area contributed by atoms with Gasteiger partial charge in [0.1, 0.15) is 13.0 Å². The minimum Gasteiger partial charge on any atom is -0.361 e. The Hall–Kier alpha value is -1.72. The summed E-state index contributed by atoms with van der Waals surface area (Å²) >= 11 is 0. The first-order valence-corrected chi connectivity index (χ1v) is 6.90. The van der Waals surface area contributed by atoms with Gasteiger partial charge in [0, 0.05) is 12.2 Å². The van der Waals surface area contributed by atoms with Crippen LogP contribution in [-0.2, 0) is 27.2 Å². The number of hydrogen-bond donors (Lipinski definition) is 1. The molecule has 5 nitrogen and oxygen atoms in total. The van der Waals surface area contributed by atoms with Crippen LogP contribution >= 0.6 is 0 Å². The summed E-state index contributed by atoms with van der Waals surface area (Å²) in [6.07, 6.45) is 2.24. The van der Waals surface area contributed by atoms with Gasteiger partial charge in [-0.25, -0.2) is 0 Å². The molecule has 1 aromatic carbocycles. The van der Waals surface area contributed by atoms with Crippen molar-refractivity contribution in [3.63, 3.8) is 0 Å². The fourth-order valence-corrected chi connectivity index (χ4v) is 2.82. The summed E-state index contributed by atoms with van der Waals surface area (Å²) in [4.78, 5) is 24.4. The van der Waals surface area contributed by atoms with Crippen LogP contribution < -0.4 is 5.32 Å². The first-order chi connectivity index (χ1) is 9.67. The summed E-state index contributed by atoms with van der Waals surface area (Å²) in [5.41, 5.74) is 3.16. The van der Waals surface area contributed by atoms with Crippen molar-refractivity contribution < 1.29 is 14.3 Å². The molecule has 2 heterocycles. The highest BCUT2D eigenvalue weighted by Gasteiger charge is 2.31. The summed E-state index contributed by atoms with van der Waals surface area (Å²) in [7, 11) is 0. The van der Waals surface area contributed by atoms with Gasteiger partial charge in [0.05, 0.1) is 18.6 Å². The van der Waals surface area contributed by atoms with Crippen molar-refractivity contribution in [1.29, 1.82) is 0 Å². The molecule has 0 spiro atoms. The summed E-state index contributed by atoms with van der Waals surface area (Å²) in [6.45, 7) is 3.22. The number of carbonyl (C=O) groups excluding carboxylic acids is 2. The molecule has 0 bridgehead atoms. The number of carbonyl (C=O) groups is 2. The lowest BCUT2D eigenvalue weighted by Crippen LogP contribution is -2.36. The lowest BCUT2D eigenvalue weighted by molar-refractivity contribution is -0.115. The van der Waals surface area contributed by atoms with Crippen LogP contribution in [0.3, 0.4) is 0 Å². The van der Waals surface area contributed by atoms with E-state index >= 15 is 0 Å². The second-order valence-corrected chi connectivity index (χ2v) is 5.41. The molecule has 3 rings (SSSR count). The number of fused-ring (bicyclic) bond motifs is 1. The number of ether oxygens (including phenoxy) is 1. The number of rotatable bonds is 4. The fraction of sp³-hybridized carbons (Fsp3) is 0.467. The van der Waals surface area contributed by atoms with E-state index in [1.807, 2.05) is 24.0 Å². The molecular weight excluding hydrogens is 256 g/mol. The quantitative estimate of drug-likeness (QED) is 0.831. The number of aldehydes is 1. The maximum absolute atomic E-state index is 11.3. The molecule has 1 N–H and O–H groups in total. The van der Waals surface area contributed by atoms with Gasteiger partial charge in [0.2, 0.25) is 5.91 Å².